The van der Waals surface area contributed by atoms with Crippen LogP contribution in [0.3, 0.4) is 0 Å². The lowest BCUT2D eigenvalue weighted by Crippen LogP contribution is -2.43. The summed E-state index contributed by atoms with van der Waals surface area (Å²) in [7, 11) is 0. The summed E-state index contributed by atoms with van der Waals surface area (Å²) in [6.45, 7) is 1.46. The van der Waals surface area contributed by atoms with E-state index in [0.717, 1.165) is 9.37 Å². The van der Waals surface area contributed by atoms with Crippen LogP contribution in [0.4, 0.5) is 4.79 Å². The van der Waals surface area contributed by atoms with Gasteiger partial charge in [0, 0.05) is 4.47 Å². The summed E-state index contributed by atoms with van der Waals surface area (Å²) in [5, 5.41) is 5.28. The van der Waals surface area contributed by atoms with E-state index in [1.54, 1.807) is 37.3 Å². The molecule has 2 N–H and O–H groups in total. The van der Waals surface area contributed by atoms with Crippen LogP contribution in [0.2, 0.25) is 0 Å². The molecule has 1 atom stereocenters. The Morgan fingerprint density at radius 3 is 2.80 bits per heavy atom. The van der Waals surface area contributed by atoms with Crippen molar-refractivity contribution in [3.8, 4) is 0 Å². The van der Waals surface area contributed by atoms with Crippen molar-refractivity contribution in [3.05, 3.63) is 58.5 Å². The highest BCUT2D eigenvalue weighted by atomic mass is 79.9. The van der Waals surface area contributed by atoms with Crippen molar-refractivity contribution in [3.63, 3.8) is 0 Å². The van der Waals surface area contributed by atoms with Crippen molar-refractivity contribution in [2.24, 2.45) is 0 Å². The molecule has 130 valence electrons. The number of urea groups is 1. The number of furan rings is 1. The van der Waals surface area contributed by atoms with Gasteiger partial charge in [0.05, 0.1) is 12.8 Å². The molecular weight excluding hydrogens is 390 g/mol. The van der Waals surface area contributed by atoms with Crippen LogP contribution in [0.5, 0.6) is 0 Å². The molecule has 25 heavy (non-hydrogen) atoms. The molecule has 0 saturated carbocycles. The number of benzene rings is 1. The summed E-state index contributed by atoms with van der Waals surface area (Å²) >= 11 is 3.35. The van der Waals surface area contributed by atoms with Gasteiger partial charge >= 0.3 is 6.03 Å². The normalized spacial score (nSPS) is 19.8. The van der Waals surface area contributed by atoms with E-state index in [9.17, 15) is 14.4 Å². The third kappa shape index (κ3) is 3.43. The third-order valence-electron chi connectivity index (χ3n) is 4.02. The van der Waals surface area contributed by atoms with Crippen LogP contribution < -0.4 is 10.6 Å². The van der Waals surface area contributed by atoms with Crippen molar-refractivity contribution >= 4 is 33.8 Å². The molecule has 3 rings (SSSR count). The van der Waals surface area contributed by atoms with E-state index in [0.29, 0.717) is 11.3 Å². The van der Waals surface area contributed by atoms with E-state index >= 15 is 0 Å². The summed E-state index contributed by atoms with van der Waals surface area (Å²) in [5.74, 6) is -0.327. The Labute approximate surface area is 152 Å². The first-order valence-electron chi connectivity index (χ1n) is 7.59. The fourth-order valence-electron chi connectivity index (χ4n) is 2.63. The maximum atomic E-state index is 12.7. The molecule has 1 aromatic carbocycles. The van der Waals surface area contributed by atoms with Gasteiger partial charge in [-0.1, -0.05) is 28.1 Å². The van der Waals surface area contributed by atoms with Crippen LogP contribution in [-0.4, -0.2) is 29.3 Å². The second-order valence-corrected chi connectivity index (χ2v) is 6.73. The van der Waals surface area contributed by atoms with E-state index in [1.165, 1.54) is 6.26 Å². The van der Waals surface area contributed by atoms with Crippen LogP contribution >= 0.6 is 15.9 Å². The van der Waals surface area contributed by atoms with Crippen LogP contribution in [0.25, 0.3) is 0 Å². The predicted molar refractivity (Wildman–Crippen MR) is 92.3 cm³/mol. The molecule has 4 amide bonds. The Bertz CT molecular complexity index is 821. The van der Waals surface area contributed by atoms with E-state index in [-0.39, 0.29) is 13.1 Å². The maximum absolute atomic E-state index is 12.7. The number of rotatable bonds is 5. The van der Waals surface area contributed by atoms with Gasteiger partial charge in [0.25, 0.3) is 5.91 Å². The lowest BCUT2D eigenvalue weighted by atomic mass is 9.92. The van der Waals surface area contributed by atoms with Crippen molar-refractivity contribution < 1.29 is 18.8 Å². The highest BCUT2D eigenvalue weighted by molar-refractivity contribution is 9.10. The maximum Gasteiger partial charge on any atom is 0.325 e. The fraction of sp³-hybridized carbons (Fsp3) is 0.235. The number of hydrogen-bond acceptors (Lipinski definition) is 4. The van der Waals surface area contributed by atoms with Gasteiger partial charge in [-0.15, -0.1) is 0 Å². The minimum Gasteiger partial charge on any atom is -0.467 e. The Hall–Kier alpha value is -2.61. The van der Waals surface area contributed by atoms with Gasteiger partial charge in [-0.05, 0) is 36.8 Å². The van der Waals surface area contributed by atoms with E-state index < -0.39 is 23.4 Å². The zero-order valence-electron chi connectivity index (χ0n) is 13.4. The van der Waals surface area contributed by atoms with Gasteiger partial charge in [-0.2, -0.15) is 0 Å². The van der Waals surface area contributed by atoms with Gasteiger partial charge in [0.2, 0.25) is 5.91 Å². The fourth-order valence-corrected chi connectivity index (χ4v) is 3.03. The molecule has 2 heterocycles. The second kappa shape index (κ2) is 6.72. The zero-order chi connectivity index (χ0) is 18.0. The molecule has 0 radical (unpaired) electrons. The molecule has 0 spiro atoms. The molecule has 0 aliphatic carbocycles. The number of amides is 4. The van der Waals surface area contributed by atoms with E-state index in [2.05, 4.69) is 26.6 Å². The SMILES string of the molecule is CC1(c2cccc(Br)c2)NC(=O)N(CC(=O)NCc2ccco2)C1=O. The van der Waals surface area contributed by atoms with E-state index in [1.807, 2.05) is 6.07 Å². The molecule has 1 fully saturated rings. The standard InChI is InChI=1S/C17H16BrN3O4/c1-17(11-4-2-5-12(18)8-11)15(23)21(16(24)20-17)10-14(22)19-9-13-6-3-7-25-13/h2-8H,9-10H2,1H3,(H,19,22)(H,20,24). The minimum absolute atomic E-state index is 0.193. The lowest BCUT2D eigenvalue weighted by molar-refractivity contribution is -0.134. The summed E-state index contributed by atoms with van der Waals surface area (Å²) < 4.78 is 5.91. The number of carbonyl (C=O) groups excluding carboxylic acids is 3. The number of imide groups is 1. The van der Waals surface area contributed by atoms with Crippen LogP contribution in [0, 0.1) is 0 Å². The van der Waals surface area contributed by atoms with Gasteiger partial charge in [0.15, 0.2) is 0 Å². The third-order valence-corrected chi connectivity index (χ3v) is 4.51. The summed E-state index contributed by atoms with van der Waals surface area (Å²) in [4.78, 5) is 37.9. The highest BCUT2D eigenvalue weighted by Gasteiger charge is 2.49. The summed E-state index contributed by atoms with van der Waals surface area (Å²) in [6, 6.07) is 9.96. The number of halogens is 1. The summed E-state index contributed by atoms with van der Waals surface area (Å²) in [6.07, 6.45) is 1.50. The minimum atomic E-state index is -1.21. The lowest BCUT2D eigenvalue weighted by Gasteiger charge is -2.22. The van der Waals surface area contributed by atoms with Crippen molar-refractivity contribution in [1.82, 2.24) is 15.5 Å². The molecule has 1 aliphatic heterocycles. The van der Waals surface area contributed by atoms with Crippen LogP contribution in [-0.2, 0) is 21.7 Å². The molecule has 1 unspecified atom stereocenters. The number of nitrogens with zero attached hydrogens (tertiary/aromatic N) is 1. The zero-order valence-corrected chi connectivity index (χ0v) is 15.0. The van der Waals surface area contributed by atoms with Gasteiger partial charge < -0.3 is 15.1 Å². The Kier molecular flexibility index (Phi) is 4.63. The van der Waals surface area contributed by atoms with Crippen molar-refractivity contribution in [2.45, 2.75) is 19.0 Å². The number of nitrogens with one attached hydrogen (secondary N) is 2. The van der Waals surface area contributed by atoms with Crippen LogP contribution in [0.1, 0.15) is 18.2 Å². The topological polar surface area (TPSA) is 91.7 Å². The Morgan fingerprint density at radius 1 is 1.32 bits per heavy atom. The van der Waals surface area contributed by atoms with Crippen molar-refractivity contribution in [1.29, 1.82) is 0 Å². The molecule has 1 saturated heterocycles. The average Bonchev–Trinajstić information content (AvgIpc) is 3.16. The molecular formula is C17H16BrN3O4. The highest BCUT2D eigenvalue weighted by Crippen LogP contribution is 2.30. The molecule has 8 heteroatoms. The molecule has 0 bridgehead atoms. The number of hydrogen-bond donors (Lipinski definition) is 2. The molecule has 1 aliphatic rings. The molecule has 1 aromatic heterocycles. The summed E-state index contributed by atoms with van der Waals surface area (Å²) in [5.41, 5.74) is -0.568. The monoisotopic (exact) mass is 405 g/mol. The van der Waals surface area contributed by atoms with Gasteiger partial charge in [-0.25, -0.2) is 4.79 Å². The quantitative estimate of drug-likeness (QED) is 0.745. The Morgan fingerprint density at radius 2 is 2.12 bits per heavy atom. The molecule has 2 aromatic rings. The first-order chi connectivity index (χ1) is 11.9. The molecule has 7 nitrogen and oxygen atoms in total. The van der Waals surface area contributed by atoms with Crippen LogP contribution in [0.15, 0.2) is 51.6 Å². The smallest absolute Gasteiger partial charge is 0.325 e. The van der Waals surface area contributed by atoms with Gasteiger partial charge in [-0.3, -0.25) is 14.5 Å². The van der Waals surface area contributed by atoms with E-state index in [4.69, 9.17) is 4.42 Å². The first kappa shape index (κ1) is 17.2. The second-order valence-electron chi connectivity index (χ2n) is 5.81. The number of carbonyl (C=O) groups is 3. The average molecular weight is 406 g/mol. The largest absolute Gasteiger partial charge is 0.467 e. The Balaban J connectivity index is 1.69. The van der Waals surface area contributed by atoms with Gasteiger partial charge in [0.1, 0.15) is 17.8 Å². The predicted octanol–water partition coefficient (Wildman–Crippen LogP) is 2.13. The first-order valence-corrected chi connectivity index (χ1v) is 8.38. The van der Waals surface area contributed by atoms with Crippen molar-refractivity contribution in [2.75, 3.05) is 6.54 Å².